The lowest BCUT2D eigenvalue weighted by Gasteiger charge is -2.30. The molecule has 2 heterocycles. The second kappa shape index (κ2) is 6.44. The van der Waals surface area contributed by atoms with Crippen LogP contribution in [0.1, 0.15) is 6.42 Å². The number of pyridine rings is 1. The number of anilines is 1. The molecule has 1 saturated heterocycles. The molecule has 7 nitrogen and oxygen atoms in total. The Morgan fingerprint density at radius 2 is 2.47 bits per heavy atom. The number of hydrogen-bond donors (Lipinski definition) is 2. The maximum atomic E-state index is 10.5. The van der Waals surface area contributed by atoms with Gasteiger partial charge >= 0.3 is 0 Å². The molecule has 1 aromatic heterocycles. The lowest BCUT2D eigenvalue weighted by atomic mass is 10.1. The van der Waals surface area contributed by atoms with E-state index in [0.717, 1.165) is 32.6 Å². The average molecular weight is 265 g/mol. The van der Waals surface area contributed by atoms with Crippen LogP contribution in [0, 0.1) is 10.1 Å². The standard InChI is InChI=1S/C12H19N5O2/c1-16-7-6-13-10(9-16)4-5-14-12-3-2-11(8-15-12)17(18)19/h2-3,8,10,13H,4-7,9H2,1H3,(H,14,15). The van der Waals surface area contributed by atoms with Gasteiger partial charge in [0.1, 0.15) is 12.0 Å². The Morgan fingerprint density at radius 1 is 1.63 bits per heavy atom. The number of hydrogen-bond acceptors (Lipinski definition) is 6. The van der Waals surface area contributed by atoms with Gasteiger partial charge in [0.25, 0.3) is 5.69 Å². The molecular weight excluding hydrogens is 246 g/mol. The molecule has 1 aliphatic heterocycles. The molecule has 1 unspecified atom stereocenters. The summed E-state index contributed by atoms with van der Waals surface area (Å²) in [7, 11) is 2.12. The number of nitrogens with one attached hydrogen (secondary N) is 2. The highest BCUT2D eigenvalue weighted by Gasteiger charge is 2.15. The summed E-state index contributed by atoms with van der Waals surface area (Å²) < 4.78 is 0. The third kappa shape index (κ3) is 4.15. The number of piperazine rings is 1. The Labute approximate surface area is 112 Å². The monoisotopic (exact) mass is 265 g/mol. The fourth-order valence-corrected chi connectivity index (χ4v) is 2.16. The SMILES string of the molecule is CN1CCNC(CCNc2ccc([N+](=O)[O-])cn2)C1. The Morgan fingerprint density at radius 3 is 3.11 bits per heavy atom. The summed E-state index contributed by atoms with van der Waals surface area (Å²) in [6, 6.07) is 3.59. The van der Waals surface area contributed by atoms with Crippen molar-refractivity contribution in [3.63, 3.8) is 0 Å². The third-order valence-electron chi connectivity index (χ3n) is 3.22. The highest BCUT2D eigenvalue weighted by molar-refractivity contribution is 5.39. The Bertz CT molecular complexity index is 423. The first-order valence-electron chi connectivity index (χ1n) is 6.41. The molecule has 0 bridgehead atoms. The molecule has 1 atom stereocenters. The number of likely N-dealkylation sites (N-methyl/N-ethyl adjacent to an activating group) is 1. The summed E-state index contributed by atoms with van der Waals surface area (Å²) >= 11 is 0. The van der Waals surface area contributed by atoms with Crippen LogP contribution in [-0.4, -0.2) is 54.1 Å². The van der Waals surface area contributed by atoms with E-state index in [1.54, 1.807) is 6.07 Å². The summed E-state index contributed by atoms with van der Waals surface area (Å²) in [5.74, 6) is 0.676. The Hall–Kier alpha value is -1.73. The van der Waals surface area contributed by atoms with E-state index in [4.69, 9.17) is 0 Å². The van der Waals surface area contributed by atoms with Crippen LogP contribution in [-0.2, 0) is 0 Å². The van der Waals surface area contributed by atoms with E-state index in [-0.39, 0.29) is 5.69 Å². The fourth-order valence-electron chi connectivity index (χ4n) is 2.16. The van der Waals surface area contributed by atoms with Gasteiger partial charge in [0, 0.05) is 38.3 Å². The van der Waals surface area contributed by atoms with Gasteiger partial charge in [0.2, 0.25) is 0 Å². The molecule has 2 rings (SSSR count). The van der Waals surface area contributed by atoms with Gasteiger partial charge in [-0.2, -0.15) is 0 Å². The number of rotatable bonds is 5. The van der Waals surface area contributed by atoms with Crippen LogP contribution in [0.15, 0.2) is 18.3 Å². The smallest absolute Gasteiger partial charge is 0.287 e. The molecule has 0 radical (unpaired) electrons. The molecule has 1 fully saturated rings. The predicted molar refractivity (Wildman–Crippen MR) is 73.3 cm³/mol. The fraction of sp³-hybridized carbons (Fsp3) is 0.583. The van der Waals surface area contributed by atoms with E-state index in [9.17, 15) is 10.1 Å². The summed E-state index contributed by atoms with van der Waals surface area (Å²) in [5.41, 5.74) is 0.0149. The summed E-state index contributed by atoms with van der Waals surface area (Å²) in [4.78, 5) is 16.4. The minimum absolute atomic E-state index is 0.0149. The molecule has 1 aromatic rings. The van der Waals surface area contributed by atoms with E-state index in [1.807, 2.05) is 0 Å². The van der Waals surface area contributed by atoms with Crippen molar-refractivity contribution >= 4 is 11.5 Å². The Kier molecular flexibility index (Phi) is 4.64. The number of aromatic nitrogens is 1. The number of nitrogens with zero attached hydrogens (tertiary/aromatic N) is 3. The van der Waals surface area contributed by atoms with Crippen LogP contribution in [0.25, 0.3) is 0 Å². The van der Waals surface area contributed by atoms with Gasteiger partial charge in [-0.25, -0.2) is 4.98 Å². The van der Waals surface area contributed by atoms with Gasteiger partial charge < -0.3 is 15.5 Å². The molecule has 104 valence electrons. The van der Waals surface area contributed by atoms with Crippen molar-refractivity contribution in [2.45, 2.75) is 12.5 Å². The topological polar surface area (TPSA) is 83.3 Å². The van der Waals surface area contributed by atoms with Gasteiger partial charge in [-0.3, -0.25) is 10.1 Å². The van der Waals surface area contributed by atoms with Crippen LogP contribution >= 0.6 is 0 Å². The molecule has 19 heavy (non-hydrogen) atoms. The largest absolute Gasteiger partial charge is 0.370 e. The summed E-state index contributed by atoms with van der Waals surface area (Å²) in [5, 5.41) is 17.1. The van der Waals surface area contributed by atoms with Gasteiger partial charge in [-0.05, 0) is 19.5 Å². The summed E-state index contributed by atoms with van der Waals surface area (Å²) in [6.07, 6.45) is 2.28. The lowest BCUT2D eigenvalue weighted by Crippen LogP contribution is -2.49. The van der Waals surface area contributed by atoms with E-state index in [2.05, 4.69) is 27.6 Å². The van der Waals surface area contributed by atoms with E-state index in [1.165, 1.54) is 12.3 Å². The van der Waals surface area contributed by atoms with Gasteiger partial charge in [-0.1, -0.05) is 0 Å². The highest BCUT2D eigenvalue weighted by atomic mass is 16.6. The Balaban J connectivity index is 1.74. The van der Waals surface area contributed by atoms with Crippen molar-refractivity contribution in [1.82, 2.24) is 15.2 Å². The first kappa shape index (κ1) is 13.7. The zero-order valence-corrected chi connectivity index (χ0v) is 11.0. The van der Waals surface area contributed by atoms with Crippen molar-refractivity contribution in [3.8, 4) is 0 Å². The van der Waals surface area contributed by atoms with Crippen molar-refractivity contribution in [3.05, 3.63) is 28.4 Å². The third-order valence-corrected chi connectivity index (χ3v) is 3.22. The van der Waals surface area contributed by atoms with Crippen molar-refractivity contribution < 1.29 is 4.92 Å². The first-order valence-corrected chi connectivity index (χ1v) is 6.41. The maximum Gasteiger partial charge on any atom is 0.287 e. The number of nitro groups is 1. The normalized spacial score (nSPS) is 20.2. The van der Waals surface area contributed by atoms with Crippen molar-refractivity contribution in [2.24, 2.45) is 0 Å². The van der Waals surface area contributed by atoms with E-state index in [0.29, 0.717) is 11.9 Å². The lowest BCUT2D eigenvalue weighted by molar-refractivity contribution is -0.385. The molecule has 2 N–H and O–H groups in total. The van der Waals surface area contributed by atoms with Crippen LogP contribution in [0.5, 0.6) is 0 Å². The molecule has 0 spiro atoms. The van der Waals surface area contributed by atoms with Gasteiger partial charge in [0.15, 0.2) is 0 Å². The highest BCUT2D eigenvalue weighted by Crippen LogP contribution is 2.11. The van der Waals surface area contributed by atoms with Crippen LogP contribution in [0.2, 0.25) is 0 Å². The average Bonchev–Trinajstić information content (AvgIpc) is 2.39. The van der Waals surface area contributed by atoms with Crippen LogP contribution < -0.4 is 10.6 Å². The minimum atomic E-state index is -0.446. The molecule has 0 amide bonds. The second-order valence-electron chi connectivity index (χ2n) is 4.79. The molecule has 0 saturated carbocycles. The summed E-state index contributed by atoms with van der Waals surface area (Å²) in [6.45, 7) is 3.97. The van der Waals surface area contributed by atoms with Crippen molar-refractivity contribution in [1.29, 1.82) is 0 Å². The van der Waals surface area contributed by atoms with E-state index < -0.39 is 4.92 Å². The predicted octanol–water partition coefficient (Wildman–Crippen LogP) is 0.695. The maximum absolute atomic E-state index is 10.5. The zero-order valence-electron chi connectivity index (χ0n) is 11.0. The van der Waals surface area contributed by atoms with Crippen LogP contribution in [0.3, 0.4) is 0 Å². The molecule has 0 aromatic carbocycles. The molecule has 0 aliphatic carbocycles. The quantitative estimate of drug-likeness (QED) is 0.602. The van der Waals surface area contributed by atoms with E-state index >= 15 is 0 Å². The second-order valence-corrected chi connectivity index (χ2v) is 4.79. The molecular formula is C12H19N5O2. The zero-order chi connectivity index (χ0) is 13.7. The first-order chi connectivity index (χ1) is 9.15. The molecule has 7 heteroatoms. The van der Waals surface area contributed by atoms with Crippen molar-refractivity contribution in [2.75, 3.05) is 38.5 Å². The van der Waals surface area contributed by atoms with Gasteiger partial charge in [0.05, 0.1) is 4.92 Å². The van der Waals surface area contributed by atoms with Crippen LogP contribution in [0.4, 0.5) is 11.5 Å². The van der Waals surface area contributed by atoms with Gasteiger partial charge in [-0.15, -0.1) is 0 Å². The molecule has 1 aliphatic rings. The minimum Gasteiger partial charge on any atom is -0.370 e.